The van der Waals surface area contributed by atoms with Crippen molar-refractivity contribution in [3.63, 3.8) is 0 Å². The first-order valence-electron chi connectivity index (χ1n) is 5.08. The van der Waals surface area contributed by atoms with Crippen molar-refractivity contribution >= 4 is 11.6 Å². The van der Waals surface area contributed by atoms with Crippen molar-refractivity contribution in [2.45, 2.75) is 19.9 Å². The maximum atomic E-state index is 12.8. The van der Waals surface area contributed by atoms with Gasteiger partial charge in [-0.1, -0.05) is 13.8 Å². The van der Waals surface area contributed by atoms with Crippen LogP contribution in [0.4, 0.5) is 18.9 Å². The molecule has 0 aliphatic rings. The lowest BCUT2D eigenvalue weighted by Gasteiger charge is -2.09. The van der Waals surface area contributed by atoms with Gasteiger partial charge in [-0.15, -0.1) is 0 Å². The quantitative estimate of drug-likeness (QED) is 0.798. The zero-order valence-electron chi connectivity index (χ0n) is 9.48. The van der Waals surface area contributed by atoms with E-state index in [9.17, 15) is 18.0 Å². The molecule has 0 saturated heterocycles. The minimum Gasteiger partial charge on any atom is -0.325 e. The SMILES string of the molecule is CC(C)NCC(=O)Nc1cc(F)c(F)c(F)c1. The molecule has 0 bridgehead atoms. The topological polar surface area (TPSA) is 41.1 Å². The highest BCUT2D eigenvalue weighted by molar-refractivity contribution is 5.92. The third kappa shape index (κ3) is 4.07. The van der Waals surface area contributed by atoms with Crippen LogP contribution in [0.3, 0.4) is 0 Å². The lowest BCUT2D eigenvalue weighted by molar-refractivity contribution is -0.115. The fourth-order valence-corrected chi connectivity index (χ4v) is 1.13. The molecule has 3 nitrogen and oxygen atoms in total. The Morgan fingerprint density at radius 3 is 2.24 bits per heavy atom. The van der Waals surface area contributed by atoms with Crippen LogP contribution in [0.25, 0.3) is 0 Å². The van der Waals surface area contributed by atoms with Gasteiger partial charge in [-0.3, -0.25) is 4.79 Å². The van der Waals surface area contributed by atoms with Crippen LogP contribution in [-0.2, 0) is 4.79 Å². The van der Waals surface area contributed by atoms with Crippen LogP contribution >= 0.6 is 0 Å². The first-order valence-corrected chi connectivity index (χ1v) is 5.08. The predicted octanol–water partition coefficient (Wildman–Crippen LogP) is 2.04. The summed E-state index contributed by atoms with van der Waals surface area (Å²) in [5.41, 5.74) is -0.114. The molecule has 0 aromatic heterocycles. The average molecular weight is 246 g/mol. The van der Waals surface area contributed by atoms with Crippen LogP contribution in [-0.4, -0.2) is 18.5 Å². The Balaban J connectivity index is 2.66. The zero-order valence-corrected chi connectivity index (χ0v) is 9.48. The van der Waals surface area contributed by atoms with E-state index in [-0.39, 0.29) is 18.3 Å². The van der Waals surface area contributed by atoms with E-state index in [0.29, 0.717) is 0 Å². The lowest BCUT2D eigenvalue weighted by Crippen LogP contribution is -2.32. The highest BCUT2D eigenvalue weighted by Gasteiger charge is 2.12. The molecule has 6 heteroatoms. The summed E-state index contributed by atoms with van der Waals surface area (Å²) < 4.78 is 38.3. The van der Waals surface area contributed by atoms with Gasteiger partial charge >= 0.3 is 0 Å². The van der Waals surface area contributed by atoms with E-state index in [1.165, 1.54) is 0 Å². The van der Waals surface area contributed by atoms with Crippen molar-refractivity contribution in [3.8, 4) is 0 Å². The molecule has 0 saturated carbocycles. The van der Waals surface area contributed by atoms with Gasteiger partial charge in [0.05, 0.1) is 6.54 Å². The van der Waals surface area contributed by atoms with Crippen molar-refractivity contribution in [2.24, 2.45) is 0 Å². The number of hydrogen-bond acceptors (Lipinski definition) is 2. The number of hydrogen-bond donors (Lipinski definition) is 2. The Kier molecular flexibility index (Phi) is 4.51. The molecule has 0 unspecified atom stereocenters. The first-order chi connectivity index (χ1) is 7.90. The molecule has 0 aliphatic heterocycles. The van der Waals surface area contributed by atoms with Gasteiger partial charge in [-0.25, -0.2) is 13.2 Å². The largest absolute Gasteiger partial charge is 0.325 e. The number of carbonyl (C=O) groups is 1. The van der Waals surface area contributed by atoms with Crippen molar-refractivity contribution in [2.75, 3.05) is 11.9 Å². The molecule has 94 valence electrons. The van der Waals surface area contributed by atoms with Gasteiger partial charge in [-0.05, 0) is 0 Å². The van der Waals surface area contributed by atoms with Gasteiger partial charge < -0.3 is 10.6 Å². The third-order valence-corrected chi connectivity index (χ3v) is 1.94. The number of carbonyl (C=O) groups excluding carboxylic acids is 1. The van der Waals surface area contributed by atoms with E-state index in [0.717, 1.165) is 12.1 Å². The molecule has 0 aliphatic carbocycles. The molecule has 2 N–H and O–H groups in total. The molecule has 0 fully saturated rings. The van der Waals surface area contributed by atoms with Crippen molar-refractivity contribution in [1.82, 2.24) is 5.32 Å². The monoisotopic (exact) mass is 246 g/mol. The summed E-state index contributed by atoms with van der Waals surface area (Å²) in [5.74, 6) is -4.68. The molecule has 1 amide bonds. The normalized spacial score (nSPS) is 10.7. The number of anilines is 1. The summed E-state index contributed by atoms with van der Waals surface area (Å²) in [7, 11) is 0. The molecule has 0 atom stereocenters. The van der Waals surface area contributed by atoms with Gasteiger partial charge in [0.2, 0.25) is 5.91 Å². The Hall–Kier alpha value is -1.56. The minimum absolute atomic E-state index is 0.0122. The molecule has 0 radical (unpaired) electrons. The average Bonchev–Trinajstić information content (AvgIpc) is 2.23. The Morgan fingerprint density at radius 1 is 1.24 bits per heavy atom. The second kappa shape index (κ2) is 5.67. The van der Waals surface area contributed by atoms with Crippen LogP contribution in [0.15, 0.2) is 12.1 Å². The highest BCUT2D eigenvalue weighted by atomic mass is 19.2. The minimum atomic E-state index is -1.55. The summed E-state index contributed by atoms with van der Waals surface area (Å²) in [4.78, 5) is 11.3. The van der Waals surface area contributed by atoms with E-state index in [2.05, 4.69) is 10.6 Å². The van der Waals surface area contributed by atoms with E-state index in [1.54, 1.807) is 0 Å². The molecule has 1 aromatic carbocycles. The number of benzene rings is 1. The third-order valence-electron chi connectivity index (χ3n) is 1.94. The number of rotatable bonds is 4. The van der Waals surface area contributed by atoms with Crippen LogP contribution < -0.4 is 10.6 Å². The number of amides is 1. The second-order valence-corrected chi connectivity index (χ2v) is 3.84. The van der Waals surface area contributed by atoms with Gasteiger partial charge in [0.1, 0.15) is 0 Å². The van der Waals surface area contributed by atoms with Crippen molar-refractivity contribution in [3.05, 3.63) is 29.6 Å². The van der Waals surface area contributed by atoms with E-state index in [1.807, 2.05) is 13.8 Å². The van der Waals surface area contributed by atoms with E-state index < -0.39 is 23.4 Å². The summed E-state index contributed by atoms with van der Waals surface area (Å²) in [5, 5.41) is 5.09. The van der Waals surface area contributed by atoms with E-state index in [4.69, 9.17) is 0 Å². The van der Waals surface area contributed by atoms with Crippen LogP contribution in [0.1, 0.15) is 13.8 Å². The van der Waals surface area contributed by atoms with Crippen molar-refractivity contribution in [1.29, 1.82) is 0 Å². The number of nitrogens with one attached hydrogen (secondary N) is 2. The Morgan fingerprint density at radius 2 is 1.76 bits per heavy atom. The van der Waals surface area contributed by atoms with Gasteiger partial charge in [0.15, 0.2) is 17.5 Å². The second-order valence-electron chi connectivity index (χ2n) is 3.84. The number of halogens is 3. The molecule has 0 heterocycles. The van der Waals surface area contributed by atoms with Gasteiger partial charge in [0.25, 0.3) is 0 Å². The summed E-state index contributed by atoms with van der Waals surface area (Å²) in [6, 6.07) is 1.57. The van der Waals surface area contributed by atoms with Gasteiger partial charge in [-0.2, -0.15) is 0 Å². The van der Waals surface area contributed by atoms with Gasteiger partial charge in [0, 0.05) is 23.9 Å². The highest BCUT2D eigenvalue weighted by Crippen LogP contribution is 2.17. The zero-order chi connectivity index (χ0) is 13.0. The summed E-state index contributed by atoms with van der Waals surface area (Å²) >= 11 is 0. The smallest absolute Gasteiger partial charge is 0.238 e. The summed E-state index contributed by atoms with van der Waals surface area (Å²) in [6.07, 6.45) is 0. The lowest BCUT2D eigenvalue weighted by atomic mass is 10.3. The maximum Gasteiger partial charge on any atom is 0.238 e. The van der Waals surface area contributed by atoms with Crippen molar-refractivity contribution < 1.29 is 18.0 Å². The van der Waals surface area contributed by atoms with Crippen LogP contribution in [0.2, 0.25) is 0 Å². The molecule has 1 aromatic rings. The first kappa shape index (κ1) is 13.5. The maximum absolute atomic E-state index is 12.8. The standard InChI is InChI=1S/C11H13F3N2O/c1-6(2)15-5-10(17)16-7-3-8(12)11(14)9(13)4-7/h3-4,6,15H,5H2,1-2H3,(H,16,17). The molecule has 0 spiro atoms. The fourth-order valence-electron chi connectivity index (χ4n) is 1.13. The molecular weight excluding hydrogens is 233 g/mol. The van der Waals surface area contributed by atoms with Crippen LogP contribution in [0.5, 0.6) is 0 Å². The molecular formula is C11H13F3N2O. The molecule has 17 heavy (non-hydrogen) atoms. The molecule has 1 rings (SSSR count). The Labute approximate surface area is 97.0 Å². The van der Waals surface area contributed by atoms with Crippen LogP contribution in [0, 0.1) is 17.5 Å². The summed E-state index contributed by atoms with van der Waals surface area (Å²) in [6.45, 7) is 3.72. The predicted molar refractivity (Wildman–Crippen MR) is 58.1 cm³/mol. The van der Waals surface area contributed by atoms with E-state index >= 15 is 0 Å². The Bertz CT molecular complexity index is 398. The fraction of sp³-hybridized carbons (Fsp3) is 0.364.